The lowest BCUT2D eigenvalue weighted by molar-refractivity contribution is 0.0933. The largest absolute Gasteiger partial charge is 0.430 e. The zero-order chi connectivity index (χ0) is 12.0. The molecule has 1 amide bonds. The molecule has 1 rings (SSSR count). The number of amides is 1. The summed E-state index contributed by atoms with van der Waals surface area (Å²) in [5, 5.41) is 2.78. The Balaban J connectivity index is 2.64. The molecule has 1 unspecified atom stereocenters. The summed E-state index contributed by atoms with van der Waals surface area (Å²) in [4.78, 5) is 22.4. The third kappa shape index (κ3) is 3.51. The van der Waals surface area contributed by atoms with Gasteiger partial charge in [0, 0.05) is 18.7 Å². The maximum atomic E-state index is 11.7. The van der Waals surface area contributed by atoms with Gasteiger partial charge in [-0.2, -0.15) is 0 Å². The summed E-state index contributed by atoms with van der Waals surface area (Å²) in [6, 6.07) is 2.61. The minimum Gasteiger partial charge on any atom is -0.430 e. The van der Waals surface area contributed by atoms with Crippen molar-refractivity contribution in [1.82, 2.24) is 5.32 Å². The third-order valence-electron chi connectivity index (χ3n) is 2.22. The van der Waals surface area contributed by atoms with Gasteiger partial charge in [-0.1, -0.05) is 13.3 Å². The Bertz CT molecular complexity index is 380. The fraction of sp³-hybridized carbons (Fsp3) is 0.455. The van der Waals surface area contributed by atoms with E-state index in [1.807, 2.05) is 6.92 Å². The van der Waals surface area contributed by atoms with E-state index in [4.69, 9.17) is 5.73 Å². The predicted molar refractivity (Wildman–Crippen MR) is 60.2 cm³/mol. The highest BCUT2D eigenvalue weighted by Gasteiger charge is 2.11. The Hall–Kier alpha value is -1.62. The van der Waals surface area contributed by atoms with Crippen LogP contribution in [0, 0.1) is 0 Å². The van der Waals surface area contributed by atoms with Crippen LogP contribution in [0.4, 0.5) is 0 Å². The van der Waals surface area contributed by atoms with Gasteiger partial charge in [0.2, 0.25) is 0 Å². The summed E-state index contributed by atoms with van der Waals surface area (Å²) >= 11 is 0. The first-order valence-electron chi connectivity index (χ1n) is 5.27. The Morgan fingerprint density at radius 1 is 1.56 bits per heavy atom. The number of hydrogen-bond donors (Lipinski definition) is 2. The van der Waals surface area contributed by atoms with Crippen LogP contribution in [0.3, 0.4) is 0 Å². The molecule has 0 aliphatic rings. The lowest BCUT2D eigenvalue weighted by atomic mass is 10.1. The van der Waals surface area contributed by atoms with Crippen LogP contribution in [-0.4, -0.2) is 18.5 Å². The van der Waals surface area contributed by atoms with Crippen LogP contribution in [0.25, 0.3) is 0 Å². The second kappa shape index (κ2) is 6.07. The quantitative estimate of drug-likeness (QED) is 0.762. The molecule has 0 fully saturated rings. The summed E-state index contributed by atoms with van der Waals surface area (Å²) in [6.45, 7) is 2.42. The van der Waals surface area contributed by atoms with E-state index in [0.717, 1.165) is 19.1 Å². The molecule has 0 spiro atoms. The highest BCUT2D eigenvalue weighted by molar-refractivity contribution is 5.93. The molecule has 1 aromatic rings. The number of hydrogen-bond acceptors (Lipinski definition) is 4. The van der Waals surface area contributed by atoms with E-state index in [1.165, 1.54) is 12.1 Å². The van der Waals surface area contributed by atoms with Crippen molar-refractivity contribution in [2.45, 2.75) is 25.8 Å². The van der Waals surface area contributed by atoms with Crippen LogP contribution >= 0.6 is 0 Å². The van der Waals surface area contributed by atoms with Crippen LogP contribution in [0.2, 0.25) is 0 Å². The molecule has 0 aliphatic carbocycles. The second-order valence-electron chi connectivity index (χ2n) is 3.54. The first-order valence-corrected chi connectivity index (χ1v) is 5.27. The predicted octanol–water partition coefficient (Wildman–Crippen LogP) is 0.497. The molecule has 5 nitrogen and oxygen atoms in total. The normalized spacial score (nSPS) is 12.1. The van der Waals surface area contributed by atoms with E-state index in [2.05, 4.69) is 9.73 Å². The molecule has 5 heteroatoms. The van der Waals surface area contributed by atoms with Crippen LogP contribution < -0.4 is 16.7 Å². The lowest BCUT2D eigenvalue weighted by Gasteiger charge is -2.15. The standard InChI is InChI=1S/C11H16N2O3/c1-2-3-9(6-12)13-11(15)8-4-5-10(14)16-7-8/h4-5,7,9H,2-3,6,12H2,1H3,(H,13,15). The molecule has 1 atom stereocenters. The lowest BCUT2D eigenvalue weighted by Crippen LogP contribution is -2.40. The molecule has 3 N–H and O–H groups in total. The van der Waals surface area contributed by atoms with Gasteiger partial charge >= 0.3 is 5.63 Å². The fourth-order valence-electron chi connectivity index (χ4n) is 1.35. The van der Waals surface area contributed by atoms with Crippen LogP contribution in [-0.2, 0) is 0 Å². The average Bonchev–Trinajstić information content (AvgIpc) is 2.29. The van der Waals surface area contributed by atoms with Gasteiger partial charge in [-0.25, -0.2) is 4.79 Å². The molecule has 88 valence electrons. The molecule has 0 aliphatic heterocycles. The second-order valence-corrected chi connectivity index (χ2v) is 3.54. The van der Waals surface area contributed by atoms with Gasteiger partial charge in [-0.15, -0.1) is 0 Å². The van der Waals surface area contributed by atoms with Crippen LogP contribution in [0.5, 0.6) is 0 Å². The molecule has 0 aromatic carbocycles. The van der Waals surface area contributed by atoms with Crippen LogP contribution in [0.1, 0.15) is 30.1 Å². The van der Waals surface area contributed by atoms with E-state index in [0.29, 0.717) is 12.1 Å². The Kier molecular flexibility index (Phi) is 4.72. The Morgan fingerprint density at radius 2 is 2.31 bits per heavy atom. The molecule has 0 radical (unpaired) electrons. The maximum absolute atomic E-state index is 11.7. The third-order valence-corrected chi connectivity index (χ3v) is 2.22. The molecule has 16 heavy (non-hydrogen) atoms. The minimum absolute atomic E-state index is 0.0376. The van der Waals surface area contributed by atoms with Crippen molar-refractivity contribution in [2.24, 2.45) is 5.73 Å². The zero-order valence-electron chi connectivity index (χ0n) is 9.23. The van der Waals surface area contributed by atoms with Gasteiger partial charge in [0.25, 0.3) is 5.91 Å². The van der Waals surface area contributed by atoms with Gasteiger partial charge in [0.1, 0.15) is 6.26 Å². The molecule has 0 bridgehead atoms. The maximum Gasteiger partial charge on any atom is 0.335 e. The molecule has 0 saturated carbocycles. The molecule has 0 saturated heterocycles. The van der Waals surface area contributed by atoms with E-state index in [9.17, 15) is 9.59 Å². The van der Waals surface area contributed by atoms with Crippen molar-refractivity contribution in [2.75, 3.05) is 6.54 Å². The van der Waals surface area contributed by atoms with E-state index < -0.39 is 5.63 Å². The summed E-state index contributed by atoms with van der Waals surface area (Å²) in [7, 11) is 0. The fourth-order valence-corrected chi connectivity index (χ4v) is 1.35. The number of nitrogens with one attached hydrogen (secondary N) is 1. The molecule has 1 heterocycles. The molecular formula is C11H16N2O3. The monoisotopic (exact) mass is 224 g/mol. The summed E-state index contributed by atoms with van der Waals surface area (Å²) in [6.07, 6.45) is 2.93. The van der Waals surface area contributed by atoms with Crippen LogP contribution in [0.15, 0.2) is 27.6 Å². The van der Waals surface area contributed by atoms with Gasteiger partial charge < -0.3 is 15.5 Å². The van der Waals surface area contributed by atoms with Crippen molar-refractivity contribution < 1.29 is 9.21 Å². The smallest absolute Gasteiger partial charge is 0.335 e. The first kappa shape index (κ1) is 12.4. The SMILES string of the molecule is CCCC(CN)NC(=O)c1ccc(=O)oc1. The van der Waals surface area contributed by atoms with Crippen molar-refractivity contribution >= 4 is 5.91 Å². The van der Waals surface area contributed by atoms with Gasteiger partial charge in [-0.3, -0.25) is 4.79 Å². The van der Waals surface area contributed by atoms with E-state index >= 15 is 0 Å². The van der Waals surface area contributed by atoms with Gasteiger partial charge in [-0.05, 0) is 12.5 Å². The first-order chi connectivity index (χ1) is 7.67. The van der Waals surface area contributed by atoms with Gasteiger partial charge in [0.05, 0.1) is 5.56 Å². The topological polar surface area (TPSA) is 85.3 Å². The summed E-state index contributed by atoms with van der Waals surface area (Å²) < 4.78 is 4.61. The van der Waals surface area contributed by atoms with E-state index in [1.54, 1.807) is 0 Å². The zero-order valence-corrected chi connectivity index (χ0v) is 9.23. The average molecular weight is 224 g/mol. The Labute approximate surface area is 93.6 Å². The van der Waals surface area contributed by atoms with Crippen molar-refractivity contribution in [1.29, 1.82) is 0 Å². The van der Waals surface area contributed by atoms with Crippen molar-refractivity contribution in [3.8, 4) is 0 Å². The van der Waals surface area contributed by atoms with E-state index in [-0.39, 0.29) is 11.9 Å². The highest BCUT2D eigenvalue weighted by Crippen LogP contribution is 1.99. The molecular weight excluding hydrogens is 208 g/mol. The van der Waals surface area contributed by atoms with Crippen molar-refractivity contribution in [3.63, 3.8) is 0 Å². The number of carbonyl (C=O) groups excluding carboxylic acids is 1. The highest BCUT2D eigenvalue weighted by atomic mass is 16.4. The summed E-state index contributed by atoms with van der Waals surface area (Å²) in [5.41, 5.74) is 5.38. The van der Waals surface area contributed by atoms with Crippen molar-refractivity contribution in [3.05, 3.63) is 34.4 Å². The number of carbonyl (C=O) groups is 1. The number of rotatable bonds is 5. The minimum atomic E-state index is -0.472. The molecule has 1 aromatic heterocycles. The number of nitrogens with two attached hydrogens (primary N) is 1. The van der Waals surface area contributed by atoms with Gasteiger partial charge in [0.15, 0.2) is 0 Å². The Morgan fingerprint density at radius 3 is 2.81 bits per heavy atom. The summed E-state index contributed by atoms with van der Waals surface area (Å²) in [5.74, 6) is -0.271.